The minimum atomic E-state index is -0.172. The lowest BCUT2D eigenvalue weighted by molar-refractivity contribution is -0.144. The highest BCUT2D eigenvalue weighted by Gasteiger charge is 2.64. The number of ether oxygens (including phenoxy) is 1. The Labute approximate surface area is 149 Å². The van der Waals surface area contributed by atoms with Gasteiger partial charge >= 0.3 is 5.97 Å². The maximum absolute atomic E-state index is 12.6. The van der Waals surface area contributed by atoms with E-state index in [4.69, 9.17) is 9.73 Å². The molecule has 5 rings (SSSR count). The van der Waals surface area contributed by atoms with Gasteiger partial charge in [-0.1, -0.05) is 31.5 Å². The van der Waals surface area contributed by atoms with Crippen LogP contribution in [0.2, 0.25) is 0 Å². The largest absolute Gasteiger partial charge is 0.469 e. The van der Waals surface area contributed by atoms with Gasteiger partial charge in [-0.25, -0.2) is 0 Å². The Morgan fingerprint density at radius 3 is 3.00 bits per heavy atom. The third-order valence-corrected chi connectivity index (χ3v) is 7.28. The maximum atomic E-state index is 12.6. The van der Waals surface area contributed by atoms with Gasteiger partial charge in [-0.05, 0) is 49.3 Å². The van der Waals surface area contributed by atoms with E-state index >= 15 is 0 Å². The van der Waals surface area contributed by atoms with E-state index < -0.39 is 0 Å². The molecule has 4 aliphatic rings. The van der Waals surface area contributed by atoms with Crippen LogP contribution in [0.5, 0.6) is 0 Å². The molecular formula is C21H26N2O2. The zero-order valence-electron chi connectivity index (χ0n) is 15.1. The SMILES string of the molecule is CC[C@H]1C[C@H]2C[C@H](C(=O)OC)C3=Nc4ccccc4[C@]34CCN(C1)[C@H]24. The lowest BCUT2D eigenvalue weighted by Gasteiger charge is -2.52. The normalized spacial score (nSPS) is 38.6. The van der Waals surface area contributed by atoms with Crippen LogP contribution >= 0.6 is 0 Å². The fraction of sp³-hybridized carbons (Fsp3) is 0.619. The quantitative estimate of drug-likeness (QED) is 0.777. The summed E-state index contributed by atoms with van der Waals surface area (Å²) in [5.41, 5.74) is 3.47. The number of esters is 1. The van der Waals surface area contributed by atoms with Crippen LogP contribution < -0.4 is 0 Å². The molecule has 3 fully saturated rings. The van der Waals surface area contributed by atoms with E-state index in [2.05, 4.69) is 36.1 Å². The third-order valence-electron chi connectivity index (χ3n) is 7.28. The number of piperidine rings is 1. The first-order chi connectivity index (χ1) is 12.2. The topological polar surface area (TPSA) is 41.9 Å². The van der Waals surface area contributed by atoms with Gasteiger partial charge in [-0.2, -0.15) is 0 Å². The second-order valence-corrected chi connectivity index (χ2v) is 8.26. The molecule has 0 bridgehead atoms. The molecule has 1 spiro atoms. The fourth-order valence-corrected chi connectivity index (χ4v) is 6.35. The summed E-state index contributed by atoms with van der Waals surface area (Å²) in [7, 11) is 1.51. The van der Waals surface area contributed by atoms with E-state index in [1.54, 1.807) is 0 Å². The van der Waals surface area contributed by atoms with E-state index in [1.165, 1.54) is 32.1 Å². The van der Waals surface area contributed by atoms with Crippen LogP contribution in [0.15, 0.2) is 29.3 Å². The van der Waals surface area contributed by atoms with Crippen molar-refractivity contribution in [2.24, 2.45) is 22.7 Å². The van der Waals surface area contributed by atoms with Crippen molar-refractivity contribution < 1.29 is 9.53 Å². The molecule has 1 aliphatic carbocycles. The first-order valence-electron chi connectivity index (χ1n) is 9.69. The molecule has 3 aliphatic heterocycles. The highest BCUT2D eigenvalue weighted by Crippen LogP contribution is 2.59. The molecule has 25 heavy (non-hydrogen) atoms. The van der Waals surface area contributed by atoms with Crippen molar-refractivity contribution in [1.82, 2.24) is 4.90 Å². The smallest absolute Gasteiger partial charge is 0.314 e. The molecular weight excluding hydrogens is 312 g/mol. The number of para-hydroxylation sites is 1. The van der Waals surface area contributed by atoms with Gasteiger partial charge in [0.1, 0.15) is 0 Å². The summed E-state index contributed by atoms with van der Waals surface area (Å²) in [6, 6.07) is 9.06. The first-order valence-corrected chi connectivity index (χ1v) is 9.69. The van der Waals surface area contributed by atoms with Gasteiger partial charge in [0.15, 0.2) is 0 Å². The number of aliphatic imine (C=N–C) groups is 1. The number of rotatable bonds is 2. The van der Waals surface area contributed by atoms with Gasteiger partial charge in [-0.15, -0.1) is 0 Å². The van der Waals surface area contributed by atoms with Crippen molar-refractivity contribution in [2.75, 3.05) is 20.2 Å². The number of benzene rings is 1. The Balaban J connectivity index is 1.67. The summed E-state index contributed by atoms with van der Waals surface area (Å²) < 4.78 is 5.20. The molecule has 0 unspecified atom stereocenters. The van der Waals surface area contributed by atoms with Crippen LogP contribution in [-0.2, 0) is 14.9 Å². The van der Waals surface area contributed by atoms with Crippen LogP contribution in [0, 0.1) is 17.8 Å². The lowest BCUT2D eigenvalue weighted by atomic mass is 9.56. The molecule has 0 aromatic heterocycles. The van der Waals surface area contributed by atoms with Crippen LogP contribution in [-0.4, -0.2) is 42.8 Å². The lowest BCUT2D eigenvalue weighted by Crippen LogP contribution is -2.61. The van der Waals surface area contributed by atoms with Crippen molar-refractivity contribution >= 4 is 17.4 Å². The average Bonchev–Trinajstić information content (AvgIpc) is 3.20. The maximum Gasteiger partial charge on any atom is 0.314 e. The molecule has 3 heterocycles. The number of nitrogens with zero attached hydrogens (tertiary/aromatic N) is 2. The monoisotopic (exact) mass is 338 g/mol. The summed E-state index contributed by atoms with van der Waals surface area (Å²) in [5, 5.41) is 0. The fourth-order valence-electron chi connectivity index (χ4n) is 6.35. The summed E-state index contributed by atoms with van der Waals surface area (Å²) in [6.45, 7) is 4.63. The number of methoxy groups -OCH3 is 1. The minimum absolute atomic E-state index is 0.0585. The molecule has 4 nitrogen and oxygen atoms in total. The molecule has 5 atom stereocenters. The summed E-state index contributed by atoms with van der Waals surface area (Å²) in [5.74, 6) is 1.05. The van der Waals surface area contributed by atoms with E-state index in [0.717, 1.165) is 36.7 Å². The van der Waals surface area contributed by atoms with E-state index in [0.29, 0.717) is 12.0 Å². The van der Waals surface area contributed by atoms with Crippen molar-refractivity contribution in [3.63, 3.8) is 0 Å². The Morgan fingerprint density at radius 1 is 1.36 bits per heavy atom. The van der Waals surface area contributed by atoms with Gasteiger partial charge in [0.05, 0.1) is 24.1 Å². The Hall–Kier alpha value is -1.68. The molecule has 0 N–H and O–H groups in total. The molecule has 0 amide bonds. The molecule has 132 valence electrons. The second-order valence-electron chi connectivity index (χ2n) is 8.26. The first kappa shape index (κ1) is 15.6. The molecule has 4 heteroatoms. The van der Waals surface area contributed by atoms with Crippen LogP contribution in [0.25, 0.3) is 0 Å². The highest BCUT2D eigenvalue weighted by molar-refractivity contribution is 6.13. The molecule has 0 radical (unpaired) electrons. The Kier molecular flexibility index (Phi) is 3.37. The third kappa shape index (κ3) is 1.92. The van der Waals surface area contributed by atoms with Crippen molar-refractivity contribution in [3.8, 4) is 0 Å². The predicted octanol–water partition coefficient (Wildman–Crippen LogP) is 3.32. The van der Waals surface area contributed by atoms with E-state index in [1.807, 2.05) is 0 Å². The number of fused-ring (bicyclic) bond motifs is 1. The average molecular weight is 338 g/mol. The summed E-state index contributed by atoms with van der Waals surface area (Å²) in [6.07, 6.45) is 4.46. The van der Waals surface area contributed by atoms with Gasteiger partial charge in [0, 0.05) is 18.3 Å². The van der Waals surface area contributed by atoms with Gasteiger partial charge in [0.2, 0.25) is 0 Å². The molecule has 1 aromatic carbocycles. The minimum Gasteiger partial charge on any atom is -0.469 e. The second kappa shape index (κ2) is 5.41. The Morgan fingerprint density at radius 2 is 2.20 bits per heavy atom. The number of carbonyl (C=O) groups is 1. The molecule has 2 saturated heterocycles. The van der Waals surface area contributed by atoms with Gasteiger partial charge in [0.25, 0.3) is 0 Å². The van der Waals surface area contributed by atoms with Gasteiger partial charge < -0.3 is 4.74 Å². The number of hydrogen-bond donors (Lipinski definition) is 0. The van der Waals surface area contributed by atoms with E-state index in [9.17, 15) is 4.79 Å². The zero-order valence-corrected chi connectivity index (χ0v) is 15.1. The highest BCUT2D eigenvalue weighted by atomic mass is 16.5. The van der Waals surface area contributed by atoms with Crippen LogP contribution in [0.1, 0.15) is 38.2 Å². The zero-order chi connectivity index (χ0) is 17.2. The molecule has 1 saturated carbocycles. The standard InChI is InChI=1S/C21H26N2O2/c1-3-13-10-14-11-15(20(24)25-2)18-21(8-9-23(12-13)19(14)21)16-6-4-5-7-17(16)22-18/h4-7,13-15,19H,3,8-12H2,1-2H3/t13-,14-,15-,19+,21+/m0/s1. The predicted molar refractivity (Wildman–Crippen MR) is 97.2 cm³/mol. The Bertz CT molecular complexity index is 758. The summed E-state index contributed by atoms with van der Waals surface area (Å²) in [4.78, 5) is 20.4. The van der Waals surface area contributed by atoms with Crippen molar-refractivity contribution in [3.05, 3.63) is 29.8 Å². The van der Waals surface area contributed by atoms with Crippen LogP contribution in [0.3, 0.4) is 0 Å². The van der Waals surface area contributed by atoms with Gasteiger partial charge in [-0.3, -0.25) is 14.7 Å². The van der Waals surface area contributed by atoms with E-state index in [-0.39, 0.29) is 17.3 Å². The van der Waals surface area contributed by atoms with Crippen molar-refractivity contribution in [2.45, 2.75) is 44.1 Å². The van der Waals surface area contributed by atoms with Crippen molar-refractivity contribution in [1.29, 1.82) is 0 Å². The summed E-state index contributed by atoms with van der Waals surface area (Å²) >= 11 is 0. The number of carbonyl (C=O) groups excluding carboxylic acids is 1. The molecule has 1 aromatic rings. The number of hydrogen-bond acceptors (Lipinski definition) is 4. The van der Waals surface area contributed by atoms with Crippen LogP contribution in [0.4, 0.5) is 5.69 Å².